The van der Waals surface area contributed by atoms with Crippen LogP contribution >= 0.6 is 0 Å². The Bertz CT molecular complexity index is 784. The molecule has 9 nitrogen and oxygen atoms in total. The van der Waals surface area contributed by atoms with Crippen LogP contribution in [0, 0.1) is 0 Å². The minimum atomic E-state index is -0.373. The van der Waals surface area contributed by atoms with Gasteiger partial charge in [-0.25, -0.2) is 0 Å². The number of methoxy groups -OCH3 is 1. The van der Waals surface area contributed by atoms with Gasteiger partial charge in [0.1, 0.15) is 5.56 Å². The number of nitrogens with one attached hydrogen (secondary N) is 1. The first-order valence-electron chi connectivity index (χ1n) is 8.82. The van der Waals surface area contributed by atoms with E-state index in [-0.39, 0.29) is 24.2 Å². The number of pyridine rings is 1. The zero-order valence-corrected chi connectivity index (χ0v) is 15.6. The Morgan fingerprint density at radius 3 is 2.67 bits per heavy atom. The number of aryl methyl sites for hydroxylation is 1. The molecule has 1 aliphatic heterocycles. The zero-order chi connectivity index (χ0) is 19.2. The second-order valence-electron chi connectivity index (χ2n) is 6.39. The first kappa shape index (κ1) is 18.8. The molecule has 1 fully saturated rings. The fourth-order valence-corrected chi connectivity index (χ4v) is 3.01. The van der Waals surface area contributed by atoms with E-state index < -0.39 is 0 Å². The molecule has 2 amide bonds. The van der Waals surface area contributed by atoms with Crippen LogP contribution in [0.15, 0.2) is 30.6 Å². The highest BCUT2D eigenvalue weighted by molar-refractivity contribution is 5.98. The molecule has 3 heterocycles. The second kappa shape index (κ2) is 8.63. The monoisotopic (exact) mass is 372 g/mol. The lowest BCUT2D eigenvalue weighted by Gasteiger charge is -2.34. The van der Waals surface area contributed by atoms with E-state index in [0.29, 0.717) is 18.7 Å². The van der Waals surface area contributed by atoms with E-state index in [1.54, 1.807) is 24.3 Å². The summed E-state index contributed by atoms with van der Waals surface area (Å²) >= 11 is 0. The van der Waals surface area contributed by atoms with E-state index in [1.165, 1.54) is 11.8 Å². The van der Waals surface area contributed by atoms with Crippen LogP contribution in [0.5, 0.6) is 5.88 Å². The maximum absolute atomic E-state index is 12.4. The lowest BCUT2D eigenvalue weighted by atomic mass is 10.2. The van der Waals surface area contributed by atoms with Crippen molar-refractivity contribution in [1.82, 2.24) is 29.9 Å². The van der Waals surface area contributed by atoms with Crippen LogP contribution in [0.3, 0.4) is 0 Å². The van der Waals surface area contributed by atoms with Crippen LogP contribution < -0.4 is 10.1 Å². The van der Waals surface area contributed by atoms with Crippen molar-refractivity contribution in [3.63, 3.8) is 0 Å². The number of nitrogens with zero attached hydrogens (tertiary/aromatic N) is 5. The number of carbonyl (C=O) groups excluding carboxylic acids is 2. The van der Waals surface area contributed by atoms with Crippen molar-refractivity contribution in [1.29, 1.82) is 0 Å². The van der Waals surface area contributed by atoms with Gasteiger partial charge in [-0.05, 0) is 12.1 Å². The second-order valence-corrected chi connectivity index (χ2v) is 6.39. The maximum Gasteiger partial charge on any atom is 0.258 e. The Morgan fingerprint density at radius 2 is 2.00 bits per heavy atom. The minimum Gasteiger partial charge on any atom is -0.479 e. The molecular formula is C18H24N6O3. The van der Waals surface area contributed by atoms with Gasteiger partial charge in [-0.1, -0.05) is 6.07 Å². The average molecular weight is 372 g/mol. The predicted molar refractivity (Wildman–Crippen MR) is 98.2 cm³/mol. The van der Waals surface area contributed by atoms with E-state index in [9.17, 15) is 9.59 Å². The third-order valence-electron chi connectivity index (χ3n) is 4.47. The molecule has 3 rings (SSSR count). The summed E-state index contributed by atoms with van der Waals surface area (Å²) in [5, 5.41) is 6.69. The van der Waals surface area contributed by atoms with E-state index in [2.05, 4.69) is 20.3 Å². The minimum absolute atomic E-state index is 0.0445. The normalized spacial score (nSPS) is 14.8. The van der Waals surface area contributed by atoms with Crippen LogP contribution in [0.2, 0.25) is 0 Å². The molecule has 1 saturated heterocycles. The first-order chi connectivity index (χ1) is 13.1. The van der Waals surface area contributed by atoms with Crippen LogP contribution in [-0.4, -0.2) is 76.2 Å². The van der Waals surface area contributed by atoms with Gasteiger partial charge in [-0.2, -0.15) is 0 Å². The average Bonchev–Trinajstić information content (AvgIpc) is 3.08. The topological polar surface area (TPSA) is 92.6 Å². The summed E-state index contributed by atoms with van der Waals surface area (Å²) in [5.74, 6) is -0.226. The van der Waals surface area contributed by atoms with Gasteiger partial charge < -0.3 is 15.0 Å². The van der Waals surface area contributed by atoms with Gasteiger partial charge in [-0.15, -0.1) is 5.10 Å². The summed E-state index contributed by atoms with van der Waals surface area (Å²) in [4.78, 5) is 33.0. The smallest absolute Gasteiger partial charge is 0.258 e. The largest absolute Gasteiger partial charge is 0.479 e. The van der Waals surface area contributed by atoms with Crippen molar-refractivity contribution >= 4 is 11.8 Å². The first-order valence-corrected chi connectivity index (χ1v) is 8.82. The van der Waals surface area contributed by atoms with Crippen molar-refractivity contribution in [2.75, 3.05) is 39.8 Å². The summed E-state index contributed by atoms with van der Waals surface area (Å²) in [6.07, 6.45) is 3.35. The van der Waals surface area contributed by atoms with E-state index in [0.717, 1.165) is 25.3 Å². The van der Waals surface area contributed by atoms with Crippen molar-refractivity contribution < 1.29 is 14.3 Å². The molecule has 144 valence electrons. The van der Waals surface area contributed by atoms with Gasteiger partial charge in [0.25, 0.3) is 5.91 Å². The van der Waals surface area contributed by atoms with Gasteiger partial charge in [-0.3, -0.25) is 24.2 Å². The highest BCUT2D eigenvalue weighted by Crippen LogP contribution is 2.14. The molecule has 2 aromatic rings. The molecule has 0 unspecified atom stereocenters. The predicted octanol–water partition coefficient (Wildman–Crippen LogP) is -0.102. The number of aromatic nitrogens is 3. The van der Waals surface area contributed by atoms with Gasteiger partial charge in [0, 0.05) is 52.2 Å². The molecule has 0 bridgehead atoms. The molecule has 9 heteroatoms. The van der Waals surface area contributed by atoms with Crippen molar-refractivity contribution in [2.45, 2.75) is 6.54 Å². The fraction of sp³-hybridized carbons (Fsp3) is 0.444. The van der Waals surface area contributed by atoms with Gasteiger partial charge in [0.05, 0.1) is 19.3 Å². The molecule has 0 aromatic carbocycles. The quantitative estimate of drug-likeness (QED) is 0.761. The SMILES string of the molecule is COc1nn(C)cc1C(=O)NCC(=O)N1CCN(Cc2ccccn2)CC1. The summed E-state index contributed by atoms with van der Waals surface area (Å²) in [6.45, 7) is 3.58. The van der Waals surface area contributed by atoms with Crippen molar-refractivity contribution in [3.8, 4) is 5.88 Å². The van der Waals surface area contributed by atoms with Gasteiger partial charge in [0.15, 0.2) is 0 Å². The number of ether oxygens (including phenoxy) is 1. The van der Waals surface area contributed by atoms with E-state index >= 15 is 0 Å². The number of carbonyl (C=O) groups is 2. The molecule has 0 saturated carbocycles. The molecule has 1 aliphatic rings. The van der Waals surface area contributed by atoms with Crippen molar-refractivity contribution in [3.05, 3.63) is 41.9 Å². The number of hydrogen-bond acceptors (Lipinski definition) is 6. The Hall–Kier alpha value is -2.94. The lowest BCUT2D eigenvalue weighted by molar-refractivity contribution is -0.131. The Labute approximate surface area is 157 Å². The highest BCUT2D eigenvalue weighted by Gasteiger charge is 2.23. The van der Waals surface area contributed by atoms with E-state index in [1.807, 2.05) is 18.2 Å². The van der Waals surface area contributed by atoms with Crippen molar-refractivity contribution in [2.24, 2.45) is 7.05 Å². The Kier molecular flexibility index (Phi) is 6.02. The highest BCUT2D eigenvalue weighted by atomic mass is 16.5. The summed E-state index contributed by atoms with van der Waals surface area (Å²) in [5.41, 5.74) is 1.34. The molecule has 1 N–H and O–H groups in total. The third kappa shape index (κ3) is 4.82. The van der Waals surface area contributed by atoms with Crippen LogP contribution in [0.25, 0.3) is 0 Å². The van der Waals surface area contributed by atoms with E-state index in [4.69, 9.17) is 4.74 Å². The summed E-state index contributed by atoms with van der Waals surface area (Å²) in [7, 11) is 3.16. The maximum atomic E-state index is 12.4. The number of amides is 2. The molecule has 2 aromatic heterocycles. The number of rotatable bonds is 6. The van der Waals surface area contributed by atoms with Crippen LogP contribution in [-0.2, 0) is 18.4 Å². The fourth-order valence-electron chi connectivity index (χ4n) is 3.01. The Morgan fingerprint density at radius 1 is 1.22 bits per heavy atom. The molecule has 27 heavy (non-hydrogen) atoms. The zero-order valence-electron chi connectivity index (χ0n) is 15.6. The van der Waals surface area contributed by atoms with Gasteiger partial charge in [0.2, 0.25) is 11.8 Å². The number of hydrogen-bond donors (Lipinski definition) is 1. The summed E-state index contributed by atoms with van der Waals surface area (Å²) < 4.78 is 6.57. The Balaban J connectivity index is 1.45. The number of piperazine rings is 1. The van der Waals surface area contributed by atoms with Crippen LogP contribution in [0.4, 0.5) is 0 Å². The molecule has 0 spiro atoms. The molecular weight excluding hydrogens is 348 g/mol. The molecule has 0 atom stereocenters. The standard InChI is InChI=1S/C18H24N6O3/c1-22-13-15(18(21-22)27-2)17(26)20-11-16(25)24-9-7-23(8-10-24)12-14-5-3-4-6-19-14/h3-6,13H,7-12H2,1-2H3,(H,20,26). The third-order valence-corrected chi connectivity index (χ3v) is 4.47. The molecule has 0 aliphatic carbocycles. The van der Waals surface area contributed by atoms with Crippen LogP contribution in [0.1, 0.15) is 16.1 Å². The lowest BCUT2D eigenvalue weighted by Crippen LogP contribution is -2.50. The van der Waals surface area contributed by atoms with Gasteiger partial charge >= 0.3 is 0 Å². The summed E-state index contributed by atoms with van der Waals surface area (Å²) in [6, 6.07) is 5.87. The molecule has 0 radical (unpaired) electrons.